The van der Waals surface area contributed by atoms with E-state index in [1.807, 2.05) is 0 Å². The van der Waals surface area contributed by atoms with Crippen LogP contribution in [0.2, 0.25) is 0 Å². The van der Waals surface area contributed by atoms with Crippen molar-refractivity contribution in [3.8, 4) is 0 Å². The first-order valence-corrected chi connectivity index (χ1v) is 3.95. The van der Waals surface area contributed by atoms with Gasteiger partial charge in [-0.05, 0) is 19.4 Å². The van der Waals surface area contributed by atoms with Crippen LogP contribution in [0.1, 0.15) is 12.8 Å². The van der Waals surface area contributed by atoms with Gasteiger partial charge in [0.25, 0.3) is 0 Å². The molecule has 3 nitrogen and oxygen atoms in total. The number of rotatable bonds is 3. The lowest BCUT2D eigenvalue weighted by atomic mass is 10.2. The Kier molecular flexibility index (Phi) is 3.80. The lowest BCUT2D eigenvalue weighted by Crippen LogP contribution is -2.26. The standard InChI is InChI=1S/C5H10INO2/c6-9-8-4-5-2-1-3-7-5/h5,7H,1-4H2. The van der Waals surface area contributed by atoms with E-state index >= 15 is 0 Å². The van der Waals surface area contributed by atoms with Crippen LogP contribution in [-0.4, -0.2) is 19.2 Å². The average Bonchev–Trinajstić information content (AvgIpc) is 2.34. The molecule has 1 saturated heterocycles. The largest absolute Gasteiger partial charge is 0.312 e. The van der Waals surface area contributed by atoms with Crippen molar-refractivity contribution < 1.29 is 8.10 Å². The Morgan fingerprint density at radius 2 is 2.56 bits per heavy atom. The van der Waals surface area contributed by atoms with E-state index in [9.17, 15) is 0 Å². The molecule has 0 bridgehead atoms. The Morgan fingerprint density at radius 3 is 3.11 bits per heavy atom. The Labute approximate surface area is 68.7 Å². The van der Waals surface area contributed by atoms with Crippen LogP contribution in [0.15, 0.2) is 0 Å². The summed E-state index contributed by atoms with van der Waals surface area (Å²) in [5.41, 5.74) is 0. The minimum Gasteiger partial charge on any atom is -0.312 e. The molecule has 0 aliphatic carbocycles. The Hall–Kier alpha value is 0.610. The molecule has 0 aromatic heterocycles. The van der Waals surface area contributed by atoms with Crippen molar-refractivity contribution in [3.63, 3.8) is 0 Å². The molecular weight excluding hydrogens is 233 g/mol. The molecule has 9 heavy (non-hydrogen) atoms. The Bertz CT molecular complexity index is 75.4. The minimum absolute atomic E-state index is 0.514. The molecule has 0 radical (unpaired) electrons. The molecule has 0 aromatic rings. The Balaban J connectivity index is 1.98. The maximum atomic E-state index is 4.74. The molecule has 1 fully saturated rings. The van der Waals surface area contributed by atoms with Gasteiger partial charge < -0.3 is 5.32 Å². The molecule has 1 atom stereocenters. The first-order valence-electron chi connectivity index (χ1n) is 3.07. The lowest BCUT2D eigenvalue weighted by Gasteiger charge is -2.05. The summed E-state index contributed by atoms with van der Waals surface area (Å²) in [6.07, 6.45) is 2.47. The second-order valence-corrected chi connectivity index (χ2v) is 2.50. The van der Waals surface area contributed by atoms with E-state index in [2.05, 4.69) is 8.53 Å². The molecule has 1 unspecified atom stereocenters. The van der Waals surface area contributed by atoms with E-state index in [1.165, 1.54) is 12.8 Å². The molecule has 0 amide bonds. The smallest absolute Gasteiger partial charge is 0.155 e. The lowest BCUT2D eigenvalue weighted by molar-refractivity contribution is -0.170. The predicted octanol–water partition coefficient (Wildman–Crippen LogP) is 1.04. The first-order chi connectivity index (χ1) is 4.43. The fourth-order valence-corrected chi connectivity index (χ4v) is 1.15. The van der Waals surface area contributed by atoms with Crippen molar-refractivity contribution in [2.24, 2.45) is 0 Å². The van der Waals surface area contributed by atoms with Gasteiger partial charge in [-0.15, -0.1) is 0 Å². The molecule has 1 N–H and O–H groups in total. The second-order valence-electron chi connectivity index (χ2n) is 2.14. The van der Waals surface area contributed by atoms with Gasteiger partial charge in [0, 0.05) is 6.04 Å². The van der Waals surface area contributed by atoms with Gasteiger partial charge in [0.05, 0.1) is 6.61 Å². The number of hydrogen-bond acceptors (Lipinski definition) is 3. The van der Waals surface area contributed by atoms with Crippen molar-refractivity contribution >= 4 is 23.0 Å². The third kappa shape index (κ3) is 2.79. The third-order valence-electron chi connectivity index (χ3n) is 1.48. The van der Waals surface area contributed by atoms with Crippen LogP contribution in [0.5, 0.6) is 0 Å². The van der Waals surface area contributed by atoms with Gasteiger partial charge in [-0.25, -0.2) is 4.89 Å². The van der Waals surface area contributed by atoms with Gasteiger partial charge in [-0.1, -0.05) is 0 Å². The van der Waals surface area contributed by atoms with Gasteiger partial charge in [0.1, 0.15) is 0 Å². The van der Waals surface area contributed by atoms with E-state index in [1.54, 1.807) is 23.0 Å². The molecule has 1 heterocycles. The highest BCUT2D eigenvalue weighted by Gasteiger charge is 2.13. The van der Waals surface area contributed by atoms with Crippen LogP contribution in [0.4, 0.5) is 0 Å². The van der Waals surface area contributed by atoms with Crippen molar-refractivity contribution in [1.29, 1.82) is 0 Å². The summed E-state index contributed by atoms with van der Waals surface area (Å²) < 4.78 is 4.43. The highest BCUT2D eigenvalue weighted by Crippen LogP contribution is 2.05. The van der Waals surface area contributed by atoms with Crippen LogP contribution < -0.4 is 5.32 Å². The average molecular weight is 243 g/mol. The van der Waals surface area contributed by atoms with Crippen LogP contribution in [-0.2, 0) is 8.10 Å². The molecule has 54 valence electrons. The van der Waals surface area contributed by atoms with Gasteiger partial charge in [0.2, 0.25) is 0 Å². The van der Waals surface area contributed by atoms with E-state index < -0.39 is 0 Å². The Morgan fingerprint density at radius 1 is 1.67 bits per heavy atom. The fraction of sp³-hybridized carbons (Fsp3) is 1.00. The van der Waals surface area contributed by atoms with E-state index in [-0.39, 0.29) is 0 Å². The molecule has 4 heteroatoms. The summed E-state index contributed by atoms with van der Waals surface area (Å²) in [6.45, 7) is 1.79. The maximum Gasteiger partial charge on any atom is 0.155 e. The SMILES string of the molecule is IOOCC1CCCN1. The fourth-order valence-electron chi connectivity index (χ4n) is 1.01. The zero-order chi connectivity index (χ0) is 6.53. The van der Waals surface area contributed by atoms with Crippen LogP contribution in [0.3, 0.4) is 0 Å². The zero-order valence-corrected chi connectivity index (χ0v) is 7.26. The van der Waals surface area contributed by atoms with E-state index in [0.717, 1.165) is 6.54 Å². The first kappa shape index (κ1) is 7.71. The molecule has 0 saturated carbocycles. The molecule has 0 aromatic carbocycles. The predicted molar refractivity (Wildman–Crippen MR) is 42.1 cm³/mol. The van der Waals surface area contributed by atoms with Crippen molar-refractivity contribution in [2.45, 2.75) is 18.9 Å². The van der Waals surface area contributed by atoms with E-state index in [4.69, 9.17) is 4.89 Å². The highest BCUT2D eigenvalue weighted by molar-refractivity contribution is 14.1. The monoisotopic (exact) mass is 243 g/mol. The topological polar surface area (TPSA) is 30.5 Å². The molecule has 1 rings (SSSR count). The van der Waals surface area contributed by atoms with Crippen molar-refractivity contribution in [2.75, 3.05) is 13.2 Å². The summed E-state index contributed by atoms with van der Waals surface area (Å²) in [4.78, 5) is 4.74. The number of halogens is 1. The van der Waals surface area contributed by atoms with Gasteiger partial charge in [-0.2, -0.15) is 3.22 Å². The summed E-state index contributed by atoms with van der Waals surface area (Å²) in [7, 11) is 0. The van der Waals surface area contributed by atoms with Crippen LogP contribution in [0.25, 0.3) is 0 Å². The molecule has 1 aliphatic rings. The van der Waals surface area contributed by atoms with Crippen LogP contribution >= 0.6 is 23.0 Å². The zero-order valence-electron chi connectivity index (χ0n) is 5.10. The van der Waals surface area contributed by atoms with Gasteiger partial charge in [-0.3, -0.25) is 0 Å². The van der Waals surface area contributed by atoms with Crippen molar-refractivity contribution in [3.05, 3.63) is 0 Å². The second kappa shape index (κ2) is 4.43. The number of nitrogens with one attached hydrogen (secondary N) is 1. The summed E-state index contributed by atoms with van der Waals surface area (Å²) in [6, 6.07) is 0.514. The number of hydrogen-bond donors (Lipinski definition) is 1. The van der Waals surface area contributed by atoms with Crippen molar-refractivity contribution in [1.82, 2.24) is 5.32 Å². The summed E-state index contributed by atoms with van der Waals surface area (Å²) >= 11 is 1.72. The van der Waals surface area contributed by atoms with E-state index in [0.29, 0.717) is 12.6 Å². The third-order valence-corrected chi connectivity index (χ3v) is 1.73. The quantitative estimate of drug-likeness (QED) is 0.456. The van der Waals surface area contributed by atoms with Gasteiger partial charge >= 0.3 is 0 Å². The van der Waals surface area contributed by atoms with Gasteiger partial charge in [0.15, 0.2) is 23.0 Å². The maximum absolute atomic E-state index is 4.74. The highest BCUT2D eigenvalue weighted by atomic mass is 127. The molecule has 1 aliphatic heterocycles. The summed E-state index contributed by atoms with van der Waals surface area (Å²) in [5.74, 6) is 0. The summed E-state index contributed by atoms with van der Waals surface area (Å²) in [5, 5.41) is 3.28. The molecular formula is C5H10INO2. The molecule has 0 spiro atoms. The normalized spacial score (nSPS) is 27.0. The van der Waals surface area contributed by atoms with Crippen LogP contribution in [0, 0.1) is 0 Å². The minimum atomic E-state index is 0.514.